The molecule has 4 N–H and O–H groups in total. The van der Waals surface area contributed by atoms with Crippen molar-refractivity contribution in [1.82, 2.24) is 10.6 Å². The average molecular weight is 440 g/mol. The van der Waals surface area contributed by atoms with Crippen LogP contribution in [0.3, 0.4) is 0 Å². The second-order valence-electron chi connectivity index (χ2n) is 7.98. The van der Waals surface area contributed by atoms with E-state index in [1.165, 1.54) is 0 Å². The molecule has 0 radical (unpaired) electrons. The highest BCUT2D eigenvalue weighted by Gasteiger charge is 2.22. The van der Waals surface area contributed by atoms with Gasteiger partial charge in [-0.05, 0) is 52.3 Å². The minimum absolute atomic E-state index is 0.0939. The van der Waals surface area contributed by atoms with Gasteiger partial charge >= 0.3 is 5.97 Å². The van der Waals surface area contributed by atoms with Crippen molar-refractivity contribution in [2.45, 2.75) is 51.7 Å². The molecule has 0 aliphatic carbocycles. The summed E-state index contributed by atoms with van der Waals surface area (Å²) in [5.41, 5.74) is 5.46. The highest BCUT2D eigenvalue weighted by atomic mass is 16.6. The highest BCUT2D eigenvalue weighted by molar-refractivity contribution is 5.79. The summed E-state index contributed by atoms with van der Waals surface area (Å²) in [7, 11) is 3.32. The van der Waals surface area contributed by atoms with Gasteiger partial charge in [0, 0.05) is 27.4 Å². The van der Waals surface area contributed by atoms with Gasteiger partial charge in [0.2, 0.25) is 5.91 Å². The van der Waals surface area contributed by atoms with Crippen molar-refractivity contribution >= 4 is 11.9 Å². The van der Waals surface area contributed by atoms with Crippen LogP contribution in [-0.2, 0) is 23.8 Å². The number of hydrogen-bond acceptors (Lipinski definition) is 7. The van der Waals surface area contributed by atoms with Crippen LogP contribution in [-0.4, -0.2) is 64.5 Å². The predicted molar refractivity (Wildman–Crippen MR) is 123 cm³/mol. The zero-order valence-corrected chi connectivity index (χ0v) is 19.7. The summed E-state index contributed by atoms with van der Waals surface area (Å²) in [6.45, 7) is 8.54. The number of ether oxygens (including phenoxy) is 3. The van der Waals surface area contributed by atoms with Gasteiger partial charge in [-0.2, -0.15) is 0 Å². The summed E-state index contributed by atoms with van der Waals surface area (Å²) in [4.78, 5) is 24.3. The molecule has 1 aromatic carbocycles. The molecule has 0 unspecified atom stereocenters. The maximum Gasteiger partial charge on any atom is 0.308 e. The number of carbonyl (C=O) groups excluding carboxylic acids is 2. The third kappa shape index (κ3) is 17.4. The zero-order chi connectivity index (χ0) is 23.5. The molecule has 0 bridgehead atoms. The van der Waals surface area contributed by atoms with E-state index >= 15 is 0 Å². The lowest BCUT2D eigenvalue weighted by molar-refractivity contribution is -0.155. The molecule has 0 aliphatic heterocycles. The molecule has 1 aromatic rings. The third-order valence-electron chi connectivity index (χ3n) is 3.87. The van der Waals surface area contributed by atoms with Crippen LogP contribution in [0.2, 0.25) is 0 Å². The van der Waals surface area contributed by atoms with Gasteiger partial charge in [0.05, 0.1) is 19.0 Å². The van der Waals surface area contributed by atoms with Crippen molar-refractivity contribution in [1.29, 1.82) is 0 Å². The van der Waals surface area contributed by atoms with Gasteiger partial charge in [0.1, 0.15) is 5.60 Å². The summed E-state index contributed by atoms with van der Waals surface area (Å²) < 4.78 is 15.0. The number of nitrogens with two attached hydrogens (primary N) is 1. The van der Waals surface area contributed by atoms with Crippen molar-refractivity contribution in [3.8, 4) is 0 Å². The molecule has 0 saturated carbocycles. The summed E-state index contributed by atoms with van der Waals surface area (Å²) in [5.74, 6) is -0.496. The molecule has 0 saturated heterocycles. The van der Waals surface area contributed by atoms with Gasteiger partial charge in [-0.25, -0.2) is 0 Å². The third-order valence-corrected chi connectivity index (χ3v) is 3.87. The summed E-state index contributed by atoms with van der Waals surface area (Å²) in [6.07, 6.45) is 1.90. The van der Waals surface area contributed by atoms with Crippen LogP contribution in [0.25, 0.3) is 0 Å². The number of benzene rings is 1. The molecule has 0 fully saturated rings. The van der Waals surface area contributed by atoms with Gasteiger partial charge in [-0.3, -0.25) is 9.59 Å². The first-order valence-corrected chi connectivity index (χ1v) is 10.7. The zero-order valence-electron chi connectivity index (χ0n) is 19.7. The average Bonchev–Trinajstić information content (AvgIpc) is 2.71. The summed E-state index contributed by atoms with van der Waals surface area (Å²) in [5, 5.41) is 5.97. The first kappa shape index (κ1) is 29.0. The van der Waals surface area contributed by atoms with E-state index in [0.29, 0.717) is 13.2 Å². The molecular formula is C23H41N3O5. The molecule has 178 valence electrons. The largest absolute Gasteiger partial charge is 0.460 e. The molecule has 0 spiro atoms. The smallest absolute Gasteiger partial charge is 0.308 e. The van der Waals surface area contributed by atoms with Crippen LogP contribution >= 0.6 is 0 Å². The number of methoxy groups -OCH3 is 2. The fourth-order valence-corrected chi connectivity index (χ4v) is 2.50. The first-order chi connectivity index (χ1) is 14.7. The quantitative estimate of drug-likeness (QED) is 0.319. The molecule has 1 amide bonds. The Morgan fingerprint density at radius 1 is 1.03 bits per heavy atom. The van der Waals surface area contributed by atoms with E-state index < -0.39 is 11.6 Å². The maximum atomic E-state index is 12.2. The lowest BCUT2D eigenvalue weighted by atomic mass is 10.0. The van der Waals surface area contributed by atoms with Crippen molar-refractivity contribution in [2.75, 3.05) is 47.1 Å². The molecule has 8 heteroatoms. The Morgan fingerprint density at radius 3 is 2.16 bits per heavy atom. The number of carbonyl (C=O) groups is 2. The Labute approximate surface area is 187 Å². The van der Waals surface area contributed by atoms with Crippen LogP contribution in [0.4, 0.5) is 0 Å². The lowest BCUT2D eigenvalue weighted by Gasteiger charge is -2.23. The summed E-state index contributed by atoms with van der Waals surface area (Å²) in [6, 6.07) is 9.03. The number of esters is 1. The van der Waals surface area contributed by atoms with E-state index in [-0.39, 0.29) is 24.8 Å². The van der Waals surface area contributed by atoms with E-state index in [0.717, 1.165) is 31.6 Å². The minimum atomic E-state index is -0.550. The molecule has 31 heavy (non-hydrogen) atoms. The van der Waals surface area contributed by atoms with Crippen LogP contribution < -0.4 is 16.4 Å². The van der Waals surface area contributed by atoms with Crippen LogP contribution in [0.5, 0.6) is 0 Å². The number of rotatable bonds is 13. The van der Waals surface area contributed by atoms with Crippen molar-refractivity contribution in [3.05, 3.63) is 35.9 Å². The topological polar surface area (TPSA) is 112 Å². The predicted octanol–water partition coefficient (Wildman–Crippen LogP) is 2.18. The molecular weight excluding hydrogens is 398 g/mol. The standard InChI is InChI=1S/C19H30N2O4.C4H11NO/c1-19(2,3)25-18(23)13-16(15-9-6-5-7-10-15)21-17(22)14-20-11-8-12-24-4;1-6-4-2-3-5/h5-7,9-10,16,20H,8,11-14H2,1-4H3,(H,21,22);2-5H2,1H3/t16-;/m0./s1. The number of amides is 1. The van der Waals surface area contributed by atoms with Crippen molar-refractivity contribution in [2.24, 2.45) is 5.73 Å². The van der Waals surface area contributed by atoms with E-state index in [1.54, 1.807) is 14.2 Å². The normalized spacial score (nSPS) is 11.8. The van der Waals surface area contributed by atoms with Crippen LogP contribution in [0.15, 0.2) is 30.3 Å². The fraction of sp³-hybridized carbons (Fsp3) is 0.652. The molecule has 0 aliphatic rings. The number of nitrogens with one attached hydrogen (secondary N) is 2. The van der Waals surface area contributed by atoms with E-state index in [2.05, 4.69) is 10.6 Å². The van der Waals surface area contributed by atoms with Crippen molar-refractivity contribution in [3.63, 3.8) is 0 Å². The molecule has 0 aromatic heterocycles. The monoisotopic (exact) mass is 439 g/mol. The molecule has 8 nitrogen and oxygen atoms in total. The Bertz CT molecular complexity index is 587. The molecule has 0 heterocycles. The number of hydrogen-bond donors (Lipinski definition) is 3. The maximum absolute atomic E-state index is 12.2. The van der Waals surface area contributed by atoms with Crippen molar-refractivity contribution < 1.29 is 23.8 Å². The Balaban J connectivity index is 0.00000131. The minimum Gasteiger partial charge on any atom is -0.460 e. The Kier molecular flexibility index (Phi) is 16.5. The van der Waals surface area contributed by atoms with Gasteiger partial charge in [-0.1, -0.05) is 30.3 Å². The van der Waals surface area contributed by atoms with Gasteiger partial charge < -0.3 is 30.6 Å². The van der Waals surface area contributed by atoms with Gasteiger partial charge in [-0.15, -0.1) is 0 Å². The molecule has 1 rings (SSSR count). The van der Waals surface area contributed by atoms with Crippen LogP contribution in [0, 0.1) is 0 Å². The Hall–Kier alpha value is -2.00. The molecule has 1 atom stereocenters. The SMILES string of the molecule is COCCCN.COCCCNCC(=O)N[C@@H](CC(=O)OC(C)(C)C)c1ccccc1. The second kappa shape index (κ2) is 17.7. The second-order valence-corrected chi connectivity index (χ2v) is 7.98. The first-order valence-electron chi connectivity index (χ1n) is 10.7. The van der Waals surface area contributed by atoms with E-state index in [9.17, 15) is 9.59 Å². The van der Waals surface area contributed by atoms with Gasteiger partial charge in [0.15, 0.2) is 0 Å². The fourth-order valence-electron chi connectivity index (χ4n) is 2.50. The van der Waals surface area contributed by atoms with E-state index in [1.807, 2.05) is 51.1 Å². The Morgan fingerprint density at radius 2 is 1.65 bits per heavy atom. The highest BCUT2D eigenvalue weighted by Crippen LogP contribution is 2.19. The summed E-state index contributed by atoms with van der Waals surface area (Å²) >= 11 is 0. The van der Waals surface area contributed by atoms with E-state index in [4.69, 9.17) is 19.9 Å². The van der Waals surface area contributed by atoms with Gasteiger partial charge in [0.25, 0.3) is 0 Å². The van der Waals surface area contributed by atoms with Crippen LogP contribution in [0.1, 0.15) is 51.6 Å². The lowest BCUT2D eigenvalue weighted by Crippen LogP contribution is -2.38.